The minimum atomic E-state index is -0.527. The van der Waals surface area contributed by atoms with Crippen LogP contribution in [0.2, 0.25) is 0 Å². The number of carbonyl (C=O) groups excluding carboxylic acids is 2. The van der Waals surface area contributed by atoms with Gasteiger partial charge in [-0.1, -0.05) is 12.1 Å². The van der Waals surface area contributed by atoms with Crippen molar-refractivity contribution < 1.29 is 19.1 Å². The lowest BCUT2D eigenvalue weighted by atomic mass is 10.0. The fraction of sp³-hybridized carbons (Fsp3) is 0.389. The summed E-state index contributed by atoms with van der Waals surface area (Å²) in [7, 11) is 3.33. The van der Waals surface area contributed by atoms with Crippen LogP contribution in [0.15, 0.2) is 30.5 Å². The monoisotopic (exact) mass is 345 g/mol. The molecule has 0 spiro atoms. The molecule has 1 unspecified atom stereocenters. The average Bonchev–Trinajstić information content (AvgIpc) is 2.94. The molecule has 1 aromatic heterocycles. The van der Waals surface area contributed by atoms with Gasteiger partial charge in [0.2, 0.25) is 0 Å². The van der Waals surface area contributed by atoms with Crippen LogP contribution in [0.4, 0.5) is 0 Å². The summed E-state index contributed by atoms with van der Waals surface area (Å²) in [4.78, 5) is 24.6. The molecule has 0 bridgehead atoms. The number of aryl methyl sites for hydroxylation is 1. The lowest BCUT2D eigenvalue weighted by molar-refractivity contribution is -0.143. The van der Waals surface area contributed by atoms with Gasteiger partial charge in [0.15, 0.2) is 0 Å². The highest BCUT2D eigenvalue weighted by atomic mass is 16.5. The Bertz CT molecular complexity index is 755. The van der Waals surface area contributed by atoms with E-state index in [1.54, 1.807) is 37.9 Å². The molecule has 0 radical (unpaired) electrons. The Morgan fingerprint density at radius 1 is 1.36 bits per heavy atom. The van der Waals surface area contributed by atoms with Gasteiger partial charge in [0.1, 0.15) is 5.75 Å². The van der Waals surface area contributed by atoms with Gasteiger partial charge in [0, 0.05) is 12.7 Å². The molecule has 25 heavy (non-hydrogen) atoms. The van der Waals surface area contributed by atoms with Crippen molar-refractivity contribution in [3.05, 3.63) is 47.3 Å². The molecule has 7 heteroatoms. The van der Waals surface area contributed by atoms with E-state index in [1.165, 1.54) is 6.20 Å². The summed E-state index contributed by atoms with van der Waals surface area (Å²) in [6, 6.07) is 6.72. The molecule has 1 N–H and O–H groups in total. The summed E-state index contributed by atoms with van der Waals surface area (Å²) in [5.74, 6) is -0.0144. The average molecular weight is 345 g/mol. The predicted octanol–water partition coefficient (Wildman–Crippen LogP) is 2.16. The molecule has 0 saturated carbocycles. The molecule has 1 aromatic carbocycles. The topological polar surface area (TPSA) is 82.5 Å². The molecule has 0 fully saturated rings. The van der Waals surface area contributed by atoms with Crippen molar-refractivity contribution in [2.24, 2.45) is 7.05 Å². The molecule has 0 aliphatic rings. The summed E-state index contributed by atoms with van der Waals surface area (Å²) in [6.07, 6.45) is 1.55. The number of nitrogens with one attached hydrogen (secondary N) is 1. The minimum Gasteiger partial charge on any atom is -0.497 e. The van der Waals surface area contributed by atoms with Crippen LogP contribution in [0.1, 0.15) is 41.0 Å². The summed E-state index contributed by atoms with van der Waals surface area (Å²) in [5.41, 5.74) is 1.99. The first-order valence-electron chi connectivity index (χ1n) is 8.05. The third-order valence-electron chi connectivity index (χ3n) is 3.96. The lowest BCUT2D eigenvalue weighted by Crippen LogP contribution is -2.31. The maximum absolute atomic E-state index is 12.6. The van der Waals surface area contributed by atoms with Crippen molar-refractivity contribution in [3.8, 4) is 5.75 Å². The van der Waals surface area contributed by atoms with Gasteiger partial charge in [-0.15, -0.1) is 0 Å². The van der Waals surface area contributed by atoms with E-state index in [2.05, 4.69) is 10.4 Å². The van der Waals surface area contributed by atoms with Crippen molar-refractivity contribution in [1.82, 2.24) is 15.1 Å². The number of amides is 1. The van der Waals surface area contributed by atoms with E-state index in [9.17, 15) is 9.59 Å². The van der Waals surface area contributed by atoms with E-state index in [4.69, 9.17) is 9.47 Å². The van der Waals surface area contributed by atoms with E-state index in [-0.39, 0.29) is 18.3 Å². The zero-order valence-electron chi connectivity index (χ0n) is 14.9. The fourth-order valence-corrected chi connectivity index (χ4v) is 2.45. The van der Waals surface area contributed by atoms with Crippen LogP contribution in [-0.4, -0.2) is 35.4 Å². The quantitative estimate of drug-likeness (QED) is 0.778. The van der Waals surface area contributed by atoms with Crippen molar-refractivity contribution >= 4 is 11.9 Å². The van der Waals surface area contributed by atoms with Gasteiger partial charge in [-0.2, -0.15) is 5.10 Å². The number of benzene rings is 1. The highest BCUT2D eigenvalue weighted by Gasteiger charge is 2.22. The molecule has 0 aliphatic carbocycles. The van der Waals surface area contributed by atoms with Crippen molar-refractivity contribution in [2.45, 2.75) is 26.3 Å². The number of carbonyl (C=O) groups is 2. The molecule has 2 aromatic rings. The first kappa shape index (κ1) is 18.5. The molecule has 0 saturated heterocycles. The molecule has 1 amide bonds. The number of ether oxygens (including phenoxy) is 2. The Balaban J connectivity index is 2.25. The normalized spacial score (nSPS) is 11.7. The van der Waals surface area contributed by atoms with Crippen molar-refractivity contribution in [1.29, 1.82) is 0 Å². The zero-order valence-corrected chi connectivity index (χ0v) is 14.9. The maximum atomic E-state index is 12.6. The predicted molar refractivity (Wildman–Crippen MR) is 92.4 cm³/mol. The Morgan fingerprint density at radius 3 is 2.72 bits per heavy atom. The number of esters is 1. The van der Waals surface area contributed by atoms with Gasteiger partial charge in [0.25, 0.3) is 5.91 Å². The van der Waals surface area contributed by atoms with Crippen LogP contribution < -0.4 is 10.1 Å². The van der Waals surface area contributed by atoms with Crippen LogP contribution in [0.5, 0.6) is 5.75 Å². The third kappa shape index (κ3) is 4.59. The smallest absolute Gasteiger partial charge is 0.308 e. The number of aromatic nitrogens is 2. The highest BCUT2D eigenvalue weighted by Crippen LogP contribution is 2.23. The Kier molecular flexibility index (Phi) is 6.16. The van der Waals surface area contributed by atoms with Gasteiger partial charge in [0.05, 0.1) is 37.9 Å². The maximum Gasteiger partial charge on any atom is 0.308 e. The summed E-state index contributed by atoms with van der Waals surface area (Å²) in [5, 5.41) is 6.97. The third-order valence-corrected chi connectivity index (χ3v) is 3.96. The van der Waals surface area contributed by atoms with Gasteiger partial charge in [-0.3, -0.25) is 14.3 Å². The molecule has 0 aliphatic heterocycles. The number of nitrogens with zero attached hydrogens (tertiary/aromatic N) is 2. The first-order chi connectivity index (χ1) is 12.0. The standard InChI is InChI=1S/C18H23N3O4/c1-5-25-17(22)10-16(13-7-6-8-14(9-13)24-4)20-18(23)15-11-19-21(3)12(15)2/h6-9,11,16H,5,10H2,1-4H3,(H,20,23). The van der Waals surface area contributed by atoms with Crippen LogP contribution in [0.25, 0.3) is 0 Å². The fourth-order valence-electron chi connectivity index (χ4n) is 2.45. The van der Waals surface area contributed by atoms with E-state index >= 15 is 0 Å². The molecule has 7 nitrogen and oxygen atoms in total. The minimum absolute atomic E-state index is 0.0338. The van der Waals surface area contributed by atoms with Gasteiger partial charge in [-0.05, 0) is 31.5 Å². The van der Waals surface area contributed by atoms with Crippen LogP contribution >= 0.6 is 0 Å². The summed E-state index contributed by atoms with van der Waals surface area (Å²) < 4.78 is 11.9. The van der Waals surface area contributed by atoms with E-state index in [0.717, 1.165) is 11.3 Å². The number of hydrogen-bond donors (Lipinski definition) is 1. The van der Waals surface area contributed by atoms with Gasteiger partial charge >= 0.3 is 5.97 Å². The summed E-state index contributed by atoms with van der Waals surface area (Å²) >= 11 is 0. The highest BCUT2D eigenvalue weighted by molar-refractivity contribution is 5.95. The van der Waals surface area contributed by atoms with Crippen molar-refractivity contribution in [2.75, 3.05) is 13.7 Å². The largest absolute Gasteiger partial charge is 0.497 e. The SMILES string of the molecule is CCOC(=O)CC(NC(=O)c1cnn(C)c1C)c1cccc(OC)c1. The second kappa shape index (κ2) is 8.32. The van der Waals surface area contributed by atoms with Gasteiger partial charge < -0.3 is 14.8 Å². The molecule has 2 rings (SSSR count). The zero-order chi connectivity index (χ0) is 18.4. The van der Waals surface area contributed by atoms with Crippen LogP contribution in [0.3, 0.4) is 0 Å². The molecule has 1 atom stereocenters. The molecule has 134 valence electrons. The Hall–Kier alpha value is -2.83. The first-order valence-corrected chi connectivity index (χ1v) is 8.05. The second-order valence-corrected chi connectivity index (χ2v) is 5.58. The number of hydrogen-bond acceptors (Lipinski definition) is 5. The molecule has 1 heterocycles. The second-order valence-electron chi connectivity index (χ2n) is 5.58. The lowest BCUT2D eigenvalue weighted by Gasteiger charge is -2.19. The molecular weight excluding hydrogens is 322 g/mol. The van der Waals surface area contributed by atoms with Crippen LogP contribution in [-0.2, 0) is 16.6 Å². The van der Waals surface area contributed by atoms with E-state index in [0.29, 0.717) is 17.9 Å². The summed E-state index contributed by atoms with van der Waals surface area (Å²) in [6.45, 7) is 3.85. The molecular formula is C18H23N3O4. The van der Waals surface area contributed by atoms with E-state index < -0.39 is 6.04 Å². The van der Waals surface area contributed by atoms with Gasteiger partial charge in [-0.25, -0.2) is 0 Å². The van der Waals surface area contributed by atoms with E-state index in [1.807, 2.05) is 19.1 Å². The number of rotatable bonds is 7. The Morgan fingerprint density at radius 2 is 2.12 bits per heavy atom. The Labute approximate surface area is 146 Å². The number of methoxy groups -OCH3 is 1. The van der Waals surface area contributed by atoms with Crippen molar-refractivity contribution in [3.63, 3.8) is 0 Å². The van der Waals surface area contributed by atoms with Crippen LogP contribution in [0, 0.1) is 6.92 Å².